The zero-order valence-corrected chi connectivity index (χ0v) is 14.3. The van der Waals surface area contributed by atoms with Crippen molar-refractivity contribution in [3.63, 3.8) is 0 Å². The van der Waals surface area contributed by atoms with Gasteiger partial charge in [-0.15, -0.1) is 0 Å². The maximum absolute atomic E-state index is 12.2. The second-order valence-corrected chi connectivity index (χ2v) is 8.53. The fraction of sp³-hybridized carbons (Fsp3) is 0.462. The Hall–Kier alpha value is -0.490. The molecule has 0 saturated heterocycles. The Bertz CT molecular complexity index is 684. The molecule has 1 aliphatic carbocycles. The number of rotatable bonds is 5. The van der Waals surface area contributed by atoms with Crippen molar-refractivity contribution in [1.82, 2.24) is 5.32 Å². The molecular formula is C13H14Cl3NO3S. The van der Waals surface area contributed by atoms with E-state index in [4.69, 9.17) is 33.9 Å². The molecule has 4 nitrogen and oxygen atoms in total. The van der Waals surface area contributed by atoms with E-state index in [1.807, 2.05) is 0 Å². The monoisotopic (exact) mass is 369 g/mol. The number of carbonyl (C=O) groups is 1. The number of nitrogens with one attached hydrogen (secondary N) is 1. The van der Waals surface area contributed by atoms with E-state index in [1.165, 1.54) is 12.1 Å². The predicted octanol–water partition coefficient (Wildman–Crippen LogP) is 3.84. The van der Waals surface area contributed by atoms with Gasteiger partial charge in [0.15, 0.2) is 0 Å². The van der Waals surface area contributed by atoms with Crippen molar-refractivity contribution in [3.05, 3.63) is 27.7 Å². The summed E-state index contributed by atoms with van der Waals surface area (Å²) >= 11 is 11.9. The zero-order chi connectivity index (χ0) is 15.8. The third kappa shape index (κ3) is 3.65. The van der Waals surface area contributed by atoms with Gasteiger partial charge in [-0.25, -0.2) is 8.42 Å². The minimum absolute atomic E-state index is 0.0630. The van der Waals surface area contributed by atoms with Gasteiger partial charge in [-0.1, -0.05) is 30.1 Å². The van der Waals surface area contributed by atoms with Gasteiger partial charge in [0.25, 0.3) is 15.0 Å². The molecule has 0 unspecified atom stereocenters. The van der Waals surface area contributed by atoms with E-state index in [0.29, 0.717) is 6.54 Å². The smallest absolute Gasteiger partial charge is 0.262 e. The van der Waals surface area contributed by atoms with E-state index in [0.717, 1.165) is 19.3 Å². The van der Waals surface area contributed by atoms with Crippen LogP contribution in [0.3, 0.4) is 0 Å². The molecule has 0 atom stereocenters. The summed E-state index contributed by atoms with van der Waals surface area (Å²) < 4.78 is 22.8. The Labute approximate surface area is 138 Å². The van der Waals surface area contributed by atoms with Gasteiger partial charge >= 0.3 is 0 Å². The molecule has 1 saturated carbocycles. The van der Waals surface area contributed by atoms with E-state index < -0.39 is 15.0 Å². The first kappa shape index (κ1) is 16.9. The van der Waals surface area contributed by atoms with Crippen LogP contribution in [-0.2, 0) is 9.05 Å². The first-order valence-corrected chi connectivity index (χ1v) is 9.47. The second kappa shape index (κ2) is 5.95. The Morgan fingerprint density at radius 3 is 2.43 bits per heavy atom. The molecule has 116 valence electrons. The molecule has 2 rings (SSSR count). The summed E-state index contributed by atoms with van der Waals surface area (Å²) in [5.74, 6) is -0.494. The van der Waals surface area contributed by atoms with Crippen molar-refractivity contribution in [3.8, 4) is 0 Å². The molecule has 0 aliphatic heterocycles. The first-order valence-electron chi connectivity index (χ1n) is 6.41. The molecule has 0 aromatic heterocycles. The average Bonchev–Trinajstić information content (AvgIpc) is 3.15. The summed E-state index contributed by atoms with van der Waals surface area (Å²) in [4.78, 5) is 11.9. The summed E-state index contributed by atoms with van der Waals surface area (Å²) in [6, 6.07) is 2.47. The molecule has 0 spiro atoms. The average molecular weight is 371 g/mol. The molecule has 1 fully saturated rings. The molecular weight excluding hydrogens is 357 g/mol. The van der Waals surface area contributed by atoms with Crippen molar-refractivity contribution in [2.45, 2.75) is 31.1 Å². The normalized spacial score (nSPS) is 16.6. The van der Waals surface area contributed by atoms with Gasteiger partial charge in [0.2, 0.25) is 0 Å². The van der Waals surface area contributed by atoms with Crippen LogP contribution in [0.2, 0.25) is 10.0 Å². The van der Waals surface area contributed by atoms with Crippen LogP contribution in [0.1, 0.15) is 36.5 Å². The molecule has 0 heterocycles. The van der Waals surface area contributed by atoms with Crippen LogP contribution < -0.4 is 5.32 Å². The van der Waals surface area contributed by atoms with Crippen molar-refractivity contribution in [2.24, 2.45) is 5.41 Å². The highest BCUT2D eigenvalue weighted by molar-refractivity contribution is 8.13. The van der Waals surface area contributed by atoms with Crippen molar-refractivity contribution < 1.29 is 13.2 Å². The second-order valence-electron chi connectivity index (χ2n) is 5.21. The van der Waals surface area contributed by atoms with Crippen molar-refractivity contribution in [1.29, 1.82) is 0 Å². The van der Waals surface area contributed by atoms with Gasteiger partial charge in [0.1, 0.15) is 4.90 Å². The van der Waals surface area contributed by atoms with Gasteiger partial charge in [-0.05, 0) is 36.8 Å². The molecule has 8 heteroatoms. The van der Waals surface area contributed by atoms with Crippen LogP contribution in [0.5, 0.6) is 0 Å². The fourth-order valence-corrected chi connectivity index (χ4v) is 4.02. The maximum Gasteiger partial charge on any atom is 0.262 e. The summed E-state index contributed by atoms with van der Waals surface area (Å²) in [5.41, 5.74) is 0.0945. The quantitative estimate of drug-likeness (QED) is 0.801. The van der Waals surface area contributed by atoms with Gasteiger partial charge in [-0.3, -0.25) is 4.79 Å². The van der Waals surface area contributed by atoms with E-state index in [2.05, 4.69) is 12.2 Å². The topological polar surface area (TPSA) is 63.2 Å². The highest BCUT2D eigenvalue weighted by Gasteiger charge is 2.40. The summed E-state index contributed by atoms with van der Waals surface area (Å²) in [6.07, 6.45) is 3.12. The van der Waals surface area contributed by atoms with Gasteiger partial charge in [0, 0.05) is 17.2 Å². The van der Waals surface area contributed by atoms with Crippen LogP contribution >= 0.6 is 33.9 Å². The van der Waals surface area contributed by atoms with Gasteiger partial charge in [0.05, 0.1) is 15.6 Å². The van der Waals surface area contributed by atoms with Crippen LogP contribution in [0.4, 0.5) is 0 Å². The predicted molar refractivity (Wildman–Crippen MR) is 83.8 cm³/mol. The molecule has 1 aromatic carbocycles. The van der Waals surface area contributed by atoms with Gasteiger partial charge in [-0.2, -0.15) is 0 Å². The molecule has 0 bridgehead atoms. The van der Waals surface area contributed by atoms with Gasteiger partial charge < -0.3 is 5.32 Å². The highest BCUT2D eigenvalue weighted by Crippen LogP contribution is 2.48. The number of amides is 1. The third-order valence-electron chi connectivity index (χ3n) is 3.88. The van der Waals surface area contributed by atoms with Crippen LogP contribution in [0, 0.1) is 5.41 Å². The van der Waals surface area contributed by atoms with E-state index in [1.54, 1.807) is 0 Å². The lowest BCUT2D eigenvalue weighted by Gasteiger charge is -2.15. The van der Waals surface area contributed by atoms with Crippen LogP contribution in [0.15, 0.2) is 17.0 Å². The Morgan fingerprint density at radius 2 is 1.95 bits per heavy atom. The number of carbonyl (C=O) groups excluding carboxylic acids is 1. The Balaban J connectivity index is 2.28. The molecule has 1 aliphatic rings. The molecule has 1 amide bonds. The summed E-state index contributed by atoms with van der Waals surface area (Å²) in [6.45, 7) is 2.59. The van der Waals surface area contributed by atoms with E-state index in [9.17, 15) is 13.2 Å². The Kier molecular flexibility index (Phi) is 4.78. The number of halogens is 3. The molecule has 1 N–H and O–H groups in total. The summed E-state index contributed by atoms with van der Waals surface area (Å²) in [5, 5.41) is 2.60. The number of hydrogen-bond donors (Lipinski definition) is 1. The SMILES string of the molecule is CCC1(CNC(=O)c2c(Cl)ccc(S(=O)(=O)Cl)c2Cl)CC1. The number of hydrogen-bond acceptors (Lipinski definition) is 3. The lowest BCUT2D eigenvalue weighted by atomic mass is 10.0. The minimum Gasteiger partial charge on any atom is -0.351 e. The van der Waals surface area contributed by atoms with Crippen molar-refractivity contribution in [2.75, 3.05) is 6.54 Å². The van der Waals surface area contributed by atoms with Crippen LogP contribution in [-0.4, -0.2) is 20.9 Å². The molecule has 21 heavy (non-hydrogen) atoms. The summed E-state index contributed by atoms with van der Waals surface area (Å²) in [7, 11) is 1.25. The lowest BCUT2D eigenvalue weighted by molar-refractivity contribution is 0.0944. The maximum atomic E-state index is 12.2. The number of benzene rings is 1. The highest BCUT2D eigenvalue weighted by atomic mass is 35.7. The van der Waals surface area contributed by atoms with Crippen molar-refractivity contribution >= 4 is 48.8 Å². The van der Waals surface area contributed by atoms with Crippen LogP contribution in [0.25, 0.3) is 0 Å². The fourth-order valence-electron chi connectivity index (χ4n) is 2.12. The Morgan fingerprint density at radius 1 is 1.33 bits per heavy atom. The lowest BCUT2D eigenvalue weighted by Crippen LogP contribution is -2.30. The molecule has 1 aromatic rings. The largest absolute Gasteiger partial charge is 0.351 e. The zero-order valence-electron chi connectivity index (χ0n) is 11.3. The first-order chi connectivity index (χ1) is 9.70. The van der Waals surface area contributed by atoms with E-state index >= 15 is 0 Å². The minimum atomic E-state index is -4.04. The molecule has 0 radical (unpaired) electrons. The third-order valence-corrected chi connectivity index (χ3v) is 6.06. The van der Waals surface area contributed by atoms with E-state index in [-0.39, 0.29) is 25.9 Å². The standard InChI is InChI=1S/C13H14Cl3NO3S/c1-2-13(5-6-13)7-17-12(18)10-8(14)3-4-9(11(10)15)21(16,19)20/h3-4H,2,5-7H2,1H3,(H,17,18).